The molecule has 1 aromatic rings. The van der Waals surface area contributed by atoms with Gasteiger partial charge in [-0.25, -0.2) is 9.59 Å². The maximum absolute atomic E-state index is 11.6. The summed E-state index contributed by atoms with van der Waals surface area (Å²) in [5, 5.41) is 28.8. The van der Waals surface area contributed by atoms with Crippen LogP contribution in [-0.2, 0) is 19.1 Å². The number of carboxylic acid groups (broad SMARTS) is 2. The zero-order valence-corrected chi connectivity index (χ0v) is 20.5. The molecule has 1 atom stereocenters. The van der Waals surface area contributed by atoms with Gasteiger partial charge < -0.3 is 30.7 Å². The molecule has 34 heavy (non-hydrogen) atoms. The number of ether oxygens (including phenoxy) is 1. The lowest BCUT2D eigenvalue weighted by atomic mass is 10.1. The van der Waals surface area contributed by atoms with Gasteiger partial charge in [0, 0.05) is 25.6 Å². The van der Waals surface area contributed by atoms with Crippen molar-refractivity contribution < 1.29 is 44.0 Å². The third-order valence-corrected chi connectivity index (χ3v) is 3.62. The number of aliphatic hydroxyl groups is 1. The lowest BCUT2D eigenvalue weighted by Crippen LogP contribution is -2.41. The number of alkyl carbamates (subject to hydrolysis) is 1. The molecule has 0 saturated heterocycles. The standard InChI is InChI=1S/C12H17NO.C8H11NO7.C2H6.CH4O/c1-3-4-8-13-12(14)11-7-5-6-10(2)9-11;10-3-4-16-8(15)9-5(7(13)14)1-2-6(11)12;2*1-2/h5-7,9H,3-4,8H2,1-2H3,(H,13,14);3,5H,1-2,4H2,(H,9,15)(H,11,12)(H,13,14);1-2H3;2H,1H3. The molecular weight excluding hydrogens is 448 g/mol. The summed E-state index contributed by atoms with van der Waals surface area (Å²) in [7, 11) is 1.00. The molecule has 0 aliphatic rings. The van der Waals surface area contributed by atoms with E-state index < -0.39 is 37.1 Å². The summed E-state index contributed by atoms with van der Waals surface area (Å²) in [5.41, 5.74) is 1.87. The van der Waals surface area contributed by atoms with E-state index in [4.69, 9.17) is 15.3 Å². The van der Waals surface area contributed by atoms with E-state index in [1.807, 2.05) is 50.4 Å². The van der Waals surface area contributed by atoms with Crippen molar-refractivity contribution >= 4 is 30.2 Å². The molecule has 0 aliphatic heterocycles. The molecule has 2 amide bonds. The summed E-state index contributed by atoms with van der Waals surface area (Å²) in [4.78, 5) is 53.1. The molecule has 0 heterocycles. The minimum atomic E-state index is -1.37. The van der Waals surface area contributed by atoms with Crippen LogP contribution in [0.3, 0.4) is 0 Å². The Kier molecular flexibility index (Phi) is 25.0. The molecule has 1 rings (SSSR count). The first-order valence-electron chi connectivity index (χ1n) is 10.8. The molecule has 0 aliphatic carbocycles. The Morgan fingerprint density at radius 1 is 1.12 bits per heavy atom. The maximum Gasteiger partial charge on any atom is 0.408 e. The normalized spacial score (nSPS) is 9.71. The summed E-state index contributed by atoms with van der Waals surface area (Å²) < 4.78 is 4.25. The lowest BCUT2D eigenvalue weighted by Gasteiger charge is -2.12. The van der Waals surface area contributed by atoms with Gasteiger partial charge in [-0.15, -0.1) is 0 Å². The van der Waals surface area contributed by atoms with E-state index >= 15 is 0 Å². The van der Waals surface area contributed by atoms with Gasteiger partial charge >= 0.3 is 18.0 Å². The van der Waals surface area contributed by atoms with Gasteiger partial charge in [-0.1, -0.05) is 44.9 Å². The smallest absolute Gasteiger partial charge is 0.408 e. The summed E-state index contributed by atoms with van der Waals surface area (Å²) in [5.74, 6) is -2.51. The van der Waals surface area contributed by atoms with Crippen molar-refractivity contribution in [1.82, 2.24) is 10.6 Å². The highest BCUT2D eigenvalue weighted by Gasteiger charge is 2.21. The molecule has 0 spiro atoms. The number of hydrogen-bond acceptors (Lipinski definition) is 7. The Balaban J connectivity index is -0.000000495. The van der Waals surface area contributed by atoms with Crippen molar-refractivity contribution in [3.63, 3.8) is 0 Å². The largest absolute Gasteiger partial charge is 0.481 e. The second-order valence-corrected chi connectivity index (χ2v) is 6.21. The molecule has 5 N–H and O–H groups in total. The Bertz CT molecular complexity index is 724. The van der Waals surface area contributed by atoms with Crippen LogP contribution < -0.4 is 10.6 Å². The highest BCUT2D eigenvalue weighted by Crippen LogP contribution is 2.03. The Morgan fingerprint density at radius 3 is 2.21 bits per heavy atom. The predicted molar refractivity (Wildman–Crippen MR) is 127 cm³/mol. The summed E-state index contributed by atoms with van der Waals surface area (Å²) in [6, 6.07) is 6.29. The minimum Gasteiger partial charge on any atom is -0.481 e. The monoisotopic (exact) mass is 486 g/mol. The highest BCUT2D eigenvalue weighted by atomic mass is 16.5. The predicted octanol–water partition coefficient (Wildman–Crippen LogP) is 2.39. The summed E-state index contributed by atoms with van der Waals surface area (Å²) >= 11 is 0. The van der Waals surface area contributed by atoms with Crippen molar-refractivity contribution in [3.05, 3.63) is 35.4 Å². The van der Waals surface area contributed by atoms with E-state index in [9.17, 15) is 24.0 Å². The van der Waals surface area contributed by atoms with Crippen LogP contribution in [0.2, 0.25) is 0 Å². The van der Waals surface area contributed by atoms with Crippen LogP contribution in [0.1, 0.15) is 62.4 Å². The fourth-order valence-electron chi connectivity index (χ4n) is 2.09. The molecule has 0 bridgehead atoms. The van der Waals surface area contributed by atoms with Gasteiger partial charge in [-0.2, -0.15) is 0 Å². The number of benzene rings is 1. The van der Waals surface area contributed by atoms with Crippen molar-refractivity contribution in [2.75, 3.05) is 20.3 Å². The average Bonchev–Trinajstić information content (AvgIpc) is 2.83. The van der Waals surface area contributed by atoms with Gasteiger partial charge in [0.1, 0.15) is 12.6 Å². The average molecular weight is 487 g/mol. The highest BCUT2D eigenvalue weighted by molar-refractivity contribution is 5.94. The second kappa shape index (κ2) is 24.2. The quantitative estimate of drug-likeness (QED) is 0.232. The van der Waals surface area contributed by atoms with Crippen molar-refractivity contribution in [2.24, 2.45) is 0 Å². The number of carbonyl (C=O) groups excluding carboxylic acids is 3. The number of amides is 2. The topological polar surface area (TPSA) is 179 Å². The maximum atomic E-state index is 11.6. The van der Waals surface area contributed by atoms with Crippen LogP contribution in [0, 0.1) is 6.92 Å². The molecule has 1 aromatic carbocycles. The van der Waals surface area contributed by atoms with E-state index in [0.29, 0.717) is 6.29 Å². The Hall–Kier alpha value is -3.47. The zero-order valence-electron chi connectivity index (χ0n) is 20.5. The number of aryl methyl sites for hydroxylation is 1. The van der Waals surface area contributed by atoms with Crippen LogP contribution in [-0.4, -0.2) is 71.8 Å². The third-order valence-electron chi connectivity index (χ3n) is 3.62. The molecule has 11 heteroatoms. The van der Waals surface area contributed by atoms with Gasteiger partial charge in [0.05, 0.1) is 0 Å². The van der Waals surface area contributed by atoms with E-state index in [1.165, 1.54) is 0 Å². The second-order valence-electron chi connectivity index (χ2n) is 6.21. The Morgan fingerprint density at radius 2 is 1.74 bits per heavy atom. The zero-order chi connectivity index (χ0) is 26.9. The van der Waals surface area contributed by atoms with E-state index in [2.05, 4.69) is 17.0 Å². The van der Waals surface area contributed by atoms with E-state index in [1.54, 1.807) is 0 Å². The van der Waals surface area contributed by atoms with E-state index in [0.717, 1.165) is 37.6 Å². The molecule has 0 fully saturated rings. The molecule has 11 nitrogen and oxygen atoms in total. The van der Waals surface area contributed by atoms with Gasteiger partial charge in [0.2, 0.25) is 0 Å². The van der Waals surface area contributed by atoms with E-state index in [-0.39, 0.29) is 12.3 Å². The number of unbranched alkanes of at least 4 members (excludes halogenated alkanes) is 1. The fourth-order valence-corrected chi connectivity index (χ4v) is 2.09. The SMILES string of the molecule is CC.CCCCNC(=O)c1cccc(C)c1.CO.O=CCOC(=O)NC(CCC(=O)O)C(=O)O. The Labute approximate surface area is 200 Å². The molecule has 194 valence electrons. The first-order valence-corrected chi connectivity index (χ1v) is 10.8. The van der Waals surface area contributed by atoms with Gasteiger partial charge in [-0.3, -0.25) is 14.4 Å². The first-order chi connectivity index (χ1) is 16.2. The lowest BCUT2D eigenvalue weighted by molar-refractivity contribution is -0.140. The number of carboxylic acids is 2. The first kappa shape index (κ1) is 35.1. The summed E-state index contributed by atoms with van der Waals surface area (Å²) in [6.45, 7) is 8.38. The van der Waals surface area contributed by atoms with Gasteiger partial charge in [0.15, 0.2) is 6.29 Å². The molecule has 0 saturated carbocycles. The number of aliphatic carboxylic acids is 2. The van der Waals surface area contributed by atoms with Crippen LogP contribution in [0.5, 0.6) is 0 Å². The third kappa shape index (κ3) is 20.4. The van der Waals surface area contributed by atoms with Crippen LogP contribution in [0.4, 0.5) is 4.79 Å². The van der Waals surface area contributed by atoms with Crippen molar-refractivity contribution in [3.8, 4) is 0 Å². The number of hydrogen-bond donors (Lipinski definition) is 5. The molecule has 0 aromatic heterocycles. The summed E-state index contributed by atoms with van der Waals surface area (Å²) in [6.07, 6.45) is 0.731. The minimum absolute atomic E-state index is 0.0298. The van der Waals surface area contributed by atoms with Crippen LogP contribution in [0.15, 0.2) is 24.3 Å². The van der Waals surface area contributed by atoms with Crippen LogP contribution >= 0.6 is 0 Å². The fraction of sp³-hybridized carbons (Fsp3) is 0.522. The van der Waals surface area contributed by atoms with Gasteiger partial charge in [0.25, 0.3) is 5.91 Å². The molecule has 0 radical (unpaired) electrons. The number of aldehydes is 1. The van der Waals surface area contributed by atoms with Crippen LogP contribution in [0.25, 0.3) is 0 Å². The van der Waals surface area contributed by atoms with Crippen molar-refractivity contribution in [2.45, 2.75) is 59.4 Å². The van der Waals surface area contributed by atoms with Gasteiger partial charge in [-0.05, 0) is 31.9 Å². The van der Waals surface area contributed by atoms with Crippen molar-refractivity contribution in [1.29, 1.82) is 0 Å². The molecule has 1 unspecified atom stereocenters. The number of carbonyl (C=O) groups is 5. The molecular formula is C23H38N2O9. The number of rotatable bonds is 11. The number of nitrogens with one attached hydrogen (secondary N) is 2. The number of aliphatic hydroxyl groups excluding tert-OH is 1.